The van der Waals surface area contributed by atoms with Crippen LogP contribution in [0.3, 0.4) is 0 Å². The van der Waals surface area contributed by atoms with Gasteiger partial charge in [-0.1, -0.05) is 60.7 Å². The van der Waals surface area contributed by atoms with Crippen LogP contribution in [0.5, 0.6) is 5.75 Å². The van der Waals surface area contributed by atoms with Crippen LogP contribution < -0.4 is 10.1 Å². The van der Waals surface area contributed by atoms with Gasteiger partial charge in [-0.2, -0.15) is 0 Å². The van der Waals surface area contributed by atoms with Crippen molar-refractivity contribution in [2.24, 2.45) is 0 Å². The first-order valence-electron chi connectivity index (χ1n) is 11.6. The summed E-state index contributed by atoms with van der Waals surface area (Å²) in [5.41, 5.74) is 2.37. The molecule has 2 amide bonds. The Bertz CT molecular complexity index is 1110. The topological polar surface area (TPSA) is 58.6 Å². The number of nitrogens with one attached hydrogen (secondary N) is 1. The van der Waals surface area contributed by atoms with Crippen molar-refractivity contribution < 1.29 is 18.7 Å². The predicted molar refractivity (Wildman–Crippen MR) is 139 cm³/mol. The van der Waals surface area contributed by atoms with E-state index in [0.29, 0.717) is 30.0 Å². The second-order valence-electron chi connectivity index (χ2n) is 8.06. The number of hydrogen-bond donors (Lipinski definition) is 1. The van der Waals surface area contributed by atoms with Gasteiger partial charge in [-0.3, -0.25) is 9.59 Å². The fourth-order valence-corrected chi connectivity index (χ4v) is 4.66. The molecule has 184 valence electrons. The van der Waals surface area contributed by atoms with E-state index >= 15 is 0 Å². The monoisotopic (exact) mass is 494 g/mol. The van der Waals surface area contributed by atoms with Gasteiger partial charge in [0.05, 0.1) is 12.9 Å². The molecule has 7 heteroatoms. The van der Waals surface area contributed by atoms with E-state index < -0.39 is 6.04 Å². The van der Waals surface area contributed by atoms with E-state index in [1.807, 2.05) is 61.5 Å². The SMILES string of the molecule is CCNC(=O)[C@@H](Cc1ccccc1)N(Cc1cccc(OC)c1)C(=O)CSCc1ccccc1F. The zero-order valence-electron chi connectivity index (χ0n) is 20.1. The van der Waals surface area contributed by atoms with E-state index in [9.17, 15) is 14.0 Å². The number of rotatable bonds is 12. The smallest absolute Gasteiger partial charge is 0.243 e. The number of amides is 2. The van der Waals surface area contributed by atoms with Crippen molar-refractivity contribution >= 4 is 23.6 Å². The Morgan fingerprint density at radius 3 is 2.43 bits per heavy atom. The van der Waals surface area contributed by atoms with Gasteiger partial charge in [-0.15, -0.1) is 11.8 Å². The lowest BCUT2D eigenvalue weighted by molar-refractivity contribution is -0.139. The van der Waals surface area contributed by atoms with Crippen LogP contribution in [0.25, 0.3) is 0 Å². The van der Waals surface area contributed by atoms with E-state index in [1.54, 1.807) is 30.2 Å². The first-order valence-corrected chi connectivity index (χ1v) is 12.7. The maximum absolute atomic E-state index is 14.0. The van der Waals surface area contributed by atoms with Gasteiger partial charge in [0.2, 0.25) is 11.8 Å². The molecule has 0 aliphatic rings. The number of carbonyl (C=O) groups is 2. The molecule has 0 bridgehead atoms. The highest BCUT2D eigenvalue weighted by molar-refractivity contribution is 7.99. The Labute approximate surface area is 210 Å². The Morgan fingerprint density at radius 1 is 1.00 bits per heavy atom. The summed E-state index contributed by atoms with van der Waals surface area (Å²) >= 11 is 1.34. The van der Waals surface area contributed by atoms with Gasteiger partial charge in [0.25, 0.3) is 0 Å². The highest BCUT2D eigenvalue weighted by Gasteiger charge is 2.30. The Hall–Kier alpha value is -3.32. The average Bonchev–Trinajstić information content (AvgIpc) is 2.88. The van der Waals surface area contributed by atoms with Crippen molar-refractivity contribution in [2.75, 3.05) is 19.4 Å². The number of likely N-dealkylation sites (N-methyl/N-ethyl adjacent to an activating group) is 1. The first kappa shape index (κ1) is 26.3. The van der Waals surface area contributed by atoms with Gasteiger partial charge in [-0.05, 0) is 41.8 Å². The van der Waals surface area contributed by atoms with Crippen LogP contribution >= 0.6 is 11.8 Å². The predicted octanol–water partition coefficient (Wildman–Crippen LogP) is 4.84. The number of thioether (sulfide) groups is 1. The lowest BCUT2D eigenvalue weighted by atomic mass is 10.0. The molecule has 0 unspecified atom stereocenters. The summed E-state index contributed by atoms with van der Waals surface area (Å²) < 4.78 is 19.4. The van der Waals surface area contributed by atoms with E-state index in [2.05, 4.69) is 5.32 Å². The van der Waals surface area contributed by atoms with Crippen LogP contribution in [-0.4, -0.2) is 42.2 Å². The van der Waals surface area contributed by atoms with Gasteiger partial charge < -0.3 is 15.0 Å². The van der Waals surface area contributed by atoms with Gasteiger partial charge in [0, 0.05) is 25.3 Å². The molecule has 0 saturated carbocycles. The molecule has 35 heavy (non-hydrogen) atoms. The minimum absolute atomic E-state index is 0.128. The number of carbonyl (C=O) groups excluding carboxylic acids is 2. The highest BCUT2D eigenvalue weighted by atomic mass is 32.2. The second kappa shape index (κ2) is 13.5. The summed E-state index contributed by atoms with van der Waals surface area (Å²) in [7, 11) is 1.59. The lowest BCUT2D eigenvalue weighted by Crippen LogP contribution is -2.51. The third kappa shape index (κ3) is 7.86. The number of ether oxygens (including phenoxy) is 1. The minimum atomic E-state index is -0.690. The number of nitrogens with zero attached hydrogens (tertiary/aromatic N) is 1. The lowest BCUT2D eigenvalue weighted by Gasteiger charge is -2.31. The Morgan fingerprint density at radius 2 is 1.71 bits per heavy atom. The number of methoxy groups -OCH3 is 1. The van der Waals surface area contributed by atoms with Crippen molar-refractivity contribution in [1.29, 1.82) is 0 Å². The third-order valence-electron chi connectivity index (χ3n) is 5.55. The largest absolute Gasteiger partial charge is 0.497 e. The van der Waals surface area contributed by atoms with E-state index in [-0.39, 0.29) is 29.9 Å². The van der Waals surface area contributed by atoms with Crippen molar-refractivity contribution in [3.63, 3.8) is 0 Å². The summed E-state index contributed by atoms with van der Waals surface area (Å²) in [6, 6.07) is 23.0. The zero-order chi connectivity index (χ0) is 25.0. The van der Waals surface area contributed by atoms with Crippen LogP contribution in [0.1, 0.15) is 23.6 Å². The van der Waals surface area contributed by atoms with Crippen molar-refractivity contribution in [1.82, 2.24) is 10.2 Å². The van der Waals surface area contributed by atoms with Crippen LogP contribution in [-0.2, 0) is 28.3 Å². The summed E-state index contributed by atoms with van der Waals surface area (Å²) in [6.45, 7) is 2.58. The number of hydrogen-bond acceptors (Lipinski definition) is 4. The number of benzene rings is 3. The van der Waals surface area contributed by atoms with Crippen LogP contribution in [0.15, 0.2) is 78.9 Å². The molecule has 0 aromatic heterocycles. The fourth-order valence-electron chi connectivity index (χ4n) is 3.76. The molecule has 0 heterocycles. The molecule has 0 aliphatic carbocycles. The Balaban J connectivity index is 1.85. The molecule has 3 aromatic rings. The molecule has 3 aromatic carbocycles. The summed E-state index contributed by atoms with van der Waals surface area (Å²) in [5, 5.41) is 2.89. The van der Waals surface area contributed by atoms with Gasteiger partial charge in [0.15, 0.2) is 0 Å². The van der Waals surface area contributed by atoms with Crippen LogP contribution in [0, 0.1) is 5.82 Å². The highest BCUT2D eigenvalue weighted by Crippen LogP contribution is 2.21. The summed E-state index contributed by atoms with van der Waals surface area (Å²) in [4.78, 5) is 28.3. The standard InChI is InChI=1S/C28H31FN2O3S/c1-3-30-28(33)26(17-21-10-5-4-6-11-21)31(18-22-12-9-14-24(16-22)34-2)27(32)20-35-19-23-13-7-8-15-25(23)29/h4-16,26H,3,17-20H2,1-2H3,(H,30,33)/t26-/m1/s1. The average molecular weight is 495 g/mol. The molecule has 0 radical (unpaired) electrons. The molecule has 3 rings (SSSR count). The van der Waals surface area contributed by atoms with Crippen molar-refractivity contribution in [3.8, 4) is 5.75 Å². The molecule has 1 N–H and O–H groups in total. The van der Waals surface area contributed by atoms with Gasteiger partial charge in [-0.25, -0.2) is 4.39 Å². The maximum atomic E-state index is 14.0. The quantitative estimate of drug-likeness (QED) is 0.391. The molecular formula is C28H31FN2O3S. The van der Waals surface area contributed by atoms with E-state index in [1.165, 1.54) is 17.8 Å². The Kier molecular flexibility index (Phi) is 10.2. The van der Waals surface area contributed by atoms with Gasteiger partial charge >= 0.3 is 0 Å². The molecule has 1 atom stereocenters. The molecule has 0 spiro atoms. The van der Waals surface area contributed by atoms with Crippen LogP contribution in [0.2, 0.25) is 0 Å². The molecule has 0 saturated heterocycles. The molecule has 0 fully saturated rings. The number of halogens is 1. The van der Waals surface area contributed by atoms with Crippen molar-refractivity contribution in [3.05, 3.63) is 101 Å². The van der Waals surface area contributed by atoms with Gasteiger partial charge in [0.1, 0.15) is 17.6 Å². The minimum Gasteiger partial charge on any atom is -0.497 e. The molecule has 5 nitrogen and oxygen atoms in total. The zero-order valence-corrected chi connectivity index (χ0v) is 20.9. The van der Waals surface area contributed by atoms with E-state index in [0.717, 1.165) is 11.1 Å². The van der Waals surface area contributed by atoms with E-state index in [4.69, 9.17) is 4.74 Å². The summed E-state index contributed by atoms with van der Waals surface area (Å²) in [6.07, 6.45) is 0.389. The van der Waals surface area contributed by atoms with Crippen molar-refractivity contribution in [2.45, 2.75) is 31.7 Å². The molecular weight excluding hydrogens is 463 g/mol. The molecule has 0 aliphatic heterocycles. The third-order valence-corrected chi connectivity index (χ3v) is 6.52. The maximum Gasteiger partial charge on any atom is 0.243 e. The first-order chi connectivity index (χ1) is 17.0. The van der Waals surface area contributed by atoms with Crippen LogP contribution in [0.4, 0.5) is 4.39 Å². The second-order valence-corrected chi connectivity index (χ2v) is 9.04. The summed E-state index contributed by atoms with van der Waals surface area (Å²) in [5.74, 6) is 0.512. The normalized spacial score (nSPS) is 11.5. The fraction of sp³-hybridized carbons (Fsp3) is 0.286.